The molecule has 2 aromatic rings. The van der Waals surface area contributed by atoms with Crippen LogP contribution in [0.25, 0.3) is 10.9 Å². The van der Waals surface area contributed by atoms with Crippen molar-refractivity contribution >= 4 is 16.6 Å². The fraction of sp³-hybridized carbons (Fsp3) is 0.550. The van der Waals surface area contributed by atoms with E-state index in [0.29, 0.717) is 11.6 Å². The van der Waals surface area contributed by atoms with Crippen molar-refractivity contribution in [2.24, 2.45) is 0 Å². The number of alkyl halides is 3. The van der Waals surface area contributed by atoms with Crippen LogP contribution in [-0.2, 0) is 6.18 Å². The average molecular weight is 379 g/mol. The molecule has 2 unspecified atom stereocenters. The summed E-state index contributed by atoms with van der Waals surface area (Å²) in [6, 6.07) is 6.26. The van der Waals surface area contributed by atoms with Gasteiger partial charge in [-0.2, -0.15) is 13.2 Å². The molecule has 3 heterocycles. The molecule has 4 nitrogen and oxygen atoms in total. The Balaban J connectivity index is 1.62. The van der Waals surface area contributed by atoms with Gasteiger partial charge in [-0.05, 0) is 50.4 Å². The van der Waals surface area contributed by atoms with Gasteiger partial charge in [-0.25, -0.2) is 0 Å². The average Bonchev–Trinajstić information content (AvgIpc) is 3.29. The number of benzene rings is 1. The number of anilines is 1. The molecule has 0 bridgehead atoms. The summed E-state index contributed by atoms with van der Waals surface area (Å²) >= 11 is 0. The normalized spacial score (nSPS) is 24.2. The number of hydrogen-bond donors (Lipinski definition) is 1. The first-order valence-electron chi connectivity index (χ1n) is 9.55. The van der Waals surface area contributed by atoms with Crippen molar-refractivity contribution in [3.8, 4) is 0 Å². The van der Waals surface area contributed by atoms with Gasteiger partial charge in [-0.1, -0.05) is 6.07 Å². The Morgan fingerprint density at radius 1 is 1.07 bits per heavy atom. The Kier molecular flexibility index (Phi) is 4.99. The minimum Gasteiger partial charge on any atom is -0.395 e. The summed E-state index contributed by atoms with van der Waals surface area (Å²) in [4.78, 5) is 8.84. The predicted molar refractivity (Wildman–Crippen MR) is 98.8 cm³/mol. The van der Waals surface area contributed by atoms with E-state index in [9.17, 15) is 18.3 Å². The third kappa shape index (κ3) is 3.62. The van der Waals surface area contributed by atoms with Crippen molar-refractivity contribution in [2.75, 3.05) is 31.1 Å². The second kappa shape index (κ2) is 7.28. The number of pyridine rings is 1. The Labute approximate surface area is 156 Å². The molecule has 0 radical (unpaired) electrons. The van der Waals surface area contributed by atoms with E-state index >= 15 is 0 Å². The van der Waals surface area contributed by atoms with E-state index in [1.165, 1.54) is 0 Å². The molecule has 4 rings (SSSR count). The minimum absolute atomic E-state index is 0.186. The second-order valence-electron chi connectivity index (χ2n) is 7.52. The van der Waals surface area contributed by atoms with Crippen LogP contribution in [0.15, 0.2) is 30.5 Å². The third-order valence-corrected chi connectivity index (χ3v) is 5.89. The Morgan fingerprint density at radius 2 is 1.85 bits per heavy atom. The lowest BCUT2D eigenvalue weighted by atomic mass is 10.1. The maximum absolute atomic E-state index is 13.0. The van der Waals surface area contributed by atoms with Gasteiger partial charge in [-0.3, -0.25) is 9.88 Å². The molecule has 2 aliphatic heterocycles. The van der Waals surface area contributed by atoms with Gasteiger partial charge < -0.3 is 10.0 Å². The number of hydrogen-bond acceptors (Lipinski definition) is 4. The SMILES string of the molecule is OCC1CCCN1CC1CCCN1c1ccnc2cc(C(F)(F)F)ccc12. The smallest absolute Gasteiger partial charge is 0.395 e. The molecule has 2 atom stereocenters. The quantitative estimate of drug-likeness (QED) is 0.880. The van der Waals surface area contributed by atoms with Crippen molar-refractivity contribution in [3.63, 3.8) is 0 Å². The van der Waals surface area contributed by atoms with Crippen LogP contribution in [0.2, 0.25) is 0 Å². The highest BCUT2D eigenvalue weighted by Crippen LogP contribution is 2.36. The number of fused-ring (bicyclic) bond motifs is 1. The van der Waals surface area contributed by atoms with Crippen LogP contribution < -0.4 is 4.90 Å². The van der Waals surface area contributed by atoms with Crippen LogP contribution in [-0.4, -0.2) is 53.3 Å². The molecule has 27 heavy (non-hydrogen) atoms. The highest BCUT2D eigenvalue weighted by atomic mass is 19.4. The van der Waals surface area contributed by atoms with E-state index in [1.807, 2.05) is 6.07 Å². The molecular weight excluding hydrogens is 355 g/mol. The molecule has 1 aromatic heterocycles. The summed E-state index contributed by atoms with van der Waals surface area (Å²) in [6.45, 7) is 2.96. The molecule has 2 saturated heterocycles. The number of aliphatic hydroxyl groups is 1. The largest absolute Gasteiger partial charge is 0.416 e. The van der Waals surface area contributed by atoms with E-state index in [2.05, 4.69) is 14.8 Å². The van der Waals surface area contributed by atoms with E-state index < -0.39 is 11.7 Å². The minimum atomic E-state index is -4.36. The van der Waals surface area contributed by atoms with Crippen molar-refractivity contribution in [3.05, 3.63) is 36.0 Å². The zero-order chi connectivity index (χ0) is 19.0. The number of aliphatic hydroxyl groups excluding tert-OH is 1. The van der Waals surface area contributed by atoms with Gasteiger partial charge in [0.15, 0.2) is 0 Å². The molecule has 0 spiro atoms. The van der Waals surface area contributed by atoms with Gasteiger partial charge in [0, 0.05) is 42.4 Å². The second-order valence-corrected chi connectivity index (χ2v) is 7.52. The summed E-state index contributed by atoms with van der Waals surface area (Å²) in [5.41, 5.74) is 0.666. The van der Waals surface area contributed by atoms with E-state index in [0.717, 1.165) is 68.5 Å². The lowest BCUT2D eigenvalue weighted by molar-refractivity contribution is -0.137. The zero-order valence-electron chi connectivity index (χ0n) is 15.1. The first kappa shape index (κ1) is 18.5. The molecular formula is C20H24F3N3O. The Hall–Kier alpha value is -1.86. The Morgan fingerprint density at radius 3 is 2.63 bits per heavy atom. The number of aromatic nitrogens is 1. The monoisotopic (exact) mass is 379 g/mol. The molecule has 7 heteroatoms. The van der Waals surface area contributed by atoms with Gasteiger partial charge in [0.1, 0.15) is 0 Å². The van der Waals surface area contributed by atoms with Crippen molar-refractivity contribution < 1.29 is 18.3 Å². The summed E-state index contributed by atoms with van der Waals surface area (Å²) < 4.78 is 39.0. The fourth-order valence-corrected chi connectivity index (χ4v) is 4.52. The number of likely N-dealkylation sites (tertiary alicyclic amines) is 1. The molecule has 146 valence electrons. The highest BCUT2D eigenvalue weighted by Gasteiger charge is 2.33. The van der Waals surface area contributed by atoms with Gasteiger partial charge in [0.05, 0.1) is 17.7 Å². The lowest BCUT2D eigenvalue weighted by Crippen LogP contribution is -2.43. The van der Waals surface area contributed by atoms with Gasteiger partial charge in [-0.15, -0.1) is 0 Å². The van der Waals surface area contributed by atoms with E-state index in [-0.39, 0.29) is 12.6 Å². The van der Waals surface area contributed by atoms with E-state index in [1.54, 1.807) is 12.3 Å². The number of halogens is 3. The molecule has 0 amide bonds. The maximum Gasteiger partial charge on any atom is 0.416 e. The first-order valence-corrected chi connectivity index (χ1v) is 9.55. The van der Waals surface area contributed by atoms with Gasteiger partial charge in [0.2, 0.25) is 0 Å². The maximum atomic E-state index is 13.0. The summed E-state index contributed by atoms with van der Waals surface area (Å²) in [6.07, 6.45) is 1.49. The summed E-state index contributed by atoms with van der Waals surface area (Å²) in [7, 11) is 0. The highest BCUT2D eigenvalue weighted by molar-refractivity contribution is 5.92. The van der Waals surface area contributed by atoms with Crippen molar-refractivity contribution in [1.29, 1.82) is 0 Å². The molecule has 1 N–H and O–H groups in total. The van der Waals surface area contributed by atoms with Crippen LogP contribution in [0.4, 0.5) is 18.9 Å². The van der Waals surface area contributed by atoms with Crippen LogP contribution in [0.5, 0.6) is 0 Å². The fourth-order valence-electron chi connectivity index (χ4n) is 4.52. The molecule has 1 aromatic carbocycles. The van der Waals surface area contributed by atoms with Crippen LogP contribution in [0, 0.1) is 0 Å². The van der Waals surface area contributed by atoms with Crippen LogP contribution in [0.1, 0.15) is 31.2 Å². The van der Waals surface area contributed by atoms with E-state index in [4.69, 9.17) is 0 Å². The molecule has 0 aliphatic carbocycles. The number of rotatable bonds is 4. The van der Waals surface area contributed by atoms with Gasteiger partial charge in [0.25, 0.3) is 0 Å². The molecule has 0 saturated carbocycles. The zero-order valence-corrected chi connectivity index (χ0v) is 15.1. The lowest BCUT2D eigenvalue weighted by Gasteiger charge is -2.33. The molecule has 2 fully saturated rings. The topological polar surface area (TPSA) is 39.6 Å². The molecule has 2 aliphatic rings. The standard InChI is InChI=1S/C20H24F3N3O/c21-20(22,23)14-5-6-17-18(11-14)24-8-7-19(17)26-10-2-3-15(26)12-25-9-1-4-16(25)13-27/h5-8,11,15-16,27H,1-4,9-10,12-13H2. The van der Waals surface area contributed by atoms with Crippen molar-refractivity contribution in [2.45, 2.75) is 43.9 Å². The summed E-state index contributed by atoms with van der Waals surface area (Å²) in [5.74, 6) is 0. The predicted octanol–water partition coefficient (Wildman–Crippen LogP) is 3.68. The van der Waals surface area contributed by atoms with Crippen molar-refractivity contribution in [1.82, 2.24) is 9.88 Å². The Bertz CT molecular complexity index is 811. The third-order valence-electron chi connectivity index (χ3n) is 5.89. The summed E-state index contributed by atoms with van der Waals surface area (Å²) in [5, 5.41) is 10.3. The van der Waals surface area contributed by atoms with Crippen LogP contribution in [0.3, 0.4) is 0 Å². The number of nitrogens with zero attached hydrogens (tertiary/aromatic N) is 3. The van der Waals surface area contributed by atoms with Crippen LogP contribution >= 0.6 is 0 Å². The van der Waals surface area contributed by atoms with Gasteiger partial charge >= 0.3 is 6.18 Å². The first-order chi connectivity index (χ1) is 13.0.